The summed E-state index contributed by atoms with van der Waals surface area (Å²) >= 11 is 2.04. The molecule has 1 aromatic heterocycles. The number of methoxy groups -OCH3 is 1. The number of carbonyl (C=O) groups is 1. The molecule has 1 saturated heterocycles. The summed E-state index contributed by atoms with van der Waals surface area (Å²) in [7, 11) is 1.67. The summed E-state index contributed by atoms with van der Waals surface area (Å²) in [5.74, 6) is 1.15. The fourth-order valence-electron chi connectivity index (χ4n) is 3.28. The zero-order valence-electron chi connectivity index (χ0n) is 12.5. The van der Waals surface area contributed by atoms with Gasteiger partial charge in [-0.05, 0) is 18.9 Å². The highest BCUT2D eigenvalue weighted by atomic mass is 32.2. The molecule has 1 aromatic rings. The number of fused-ring (bicyclic) bond motifs is 1. The van der Waals surface area contributed by atoms with Crippen LogP contribution in [0.4, 0.5) is 0 Å². The Morgan fingerprint density at radius 1 is 1.48 bits per heavy atom. The van der Waals surface area contributed by atoms with Crippen molar-refractivity contribution < 1.29 is 9.53 Å². The van der Waals surface area contributed by atoms with Gasteiger partial charge in [0, 0.05) is 36.9 Å². The lowest BCUT2D eigenvalue weighted by molar-refractivity contribution is 0.0639. The maximum absolute atomic E-state index is 12.8. The van der Waals surface area contributed by atoms with Crippen molar-refractivity contribution in [1.29, 1.82) is 0 Å². The van der Waals surface area contributed by atoms with Crippen LogP contribution in [0.15, 0.2) is 12.3 Å². The molecule has 0 aromatic carbocycles. The van der Waals surface area contributed by atoms with E-state index in [4.69, 9.17) is 4.74 Å². The number of hydrogen-bond acceptors (Lipinski definition) is 4. The molecule has 0 bridgehead atoms. The van der Waals surface area contributed by atoms with Crippen LogP contribution in [0.2, 0.25) is 0 Å². The lowest BCUT2D eigenvalue weighted by Gasteiger charge is -2.43. The summed E-state index contributed by atoms with van der Waals surface area (Å²) in [5, 5.41) is 5.03. The molecule has 116 valence electrons. The van der Waals surface area contributed by atoms with Crippen LogP contribution >= 0.6 is 11.8 Å². The van der Waals surface area contributed by atoms with Gasteiger partial charge in [-0.25, -0.2) is 0 Å². The predicted octanol–water partition coefficient (Wildman–Crippen LogP) is 2.03. The van der Waals surface area contributed by atoms with Crippen LogP contribution in [0.1, 0.15) is 36.2 Å². The molecule has 3 rings (SSSR count). The van der Waals surface area contributed by atoms with Crippen LogP contribution in [0.25, 0.3) is 0 Å². The molecule has 2 fully saturated rings. The molecular weight excluding hydrogens is 286 g/mol. The van der Waals surface area contributed by atoms with E-state index < -0.39 is 0 Å². The van der Waals surface area contributed by atoms with Gasteiger partial charge in [-0.3, -0.25) is 9.48 Å². The summed E-state index contributed by atoms with van der Waals surface area (Å²) in [6.45, 7) is 2.15. The van der Waals surface area contributed by atoms with E-state index in [0.717, 1.165) is 18.7 Å². The maximum Gasteiger partial charge on any atom is 0.274 e. The van der Waals surface area contributed by atoms with Crippen molar-refractivity contribution in [2.75, 3.05) is 26.0 Å². The van der Waals surface area contributed by atoms with E-state index in [-0.39, 0.29) is 5.91 Å². The molecule has 21 heavy (non-hydrogen) atoms. The van der Waals surface area contributed by atoms with Gasteiger partial charge in [-0.15, -0.1) is 0 Å². The van der Waals surface area contributed by atoms with Gasteiger partial charge < -0.3 is 9.64 Å². The number of aromatic nitrogens is 2. The van der Waals surface area contributed by atoms with Gasteiger partial charge in [-0.2, -0.15) is 16.9 Å². The van der Waals surface area contributed by atoms with Crippen LogP contribution in [0, 0.1) is 0 Å². The standard InChI is InChI=1S/C15H23N3O2S/c1-20-10-8-17-7-6-12(16-17)15(19)18-9-11-21-14-5-3-2-4-13(14)18/h6-7,13-14H,2-5,8-11H2,1H3. The Balaban J connectivity index is 1.69. The molecule has 0 radical (unpaired) electrons. The van der Waals surface area contributed by atoms with Crippen molar-refractivity contribution in [2.45, 2.75) is 43.5 Å². The number of hydrogen-bond donors (Lipinski definition) is 0. The van der Waals surface area contributed by atoms with E-state index in [9.17, 15) is 4.79 Å². The van der Waals surface area contributed by atoms with Crippen molar-refractivity contribution in [3.63, 3.8) is 0 Å². The van der Waals surface area contributed by atoms with Crippen LogP contribution in [-0.4, -0.2) is 57.9 Å². The molecule has 1 aliphatic carbocycles. The first-order valence-electron chi connectivity index (χ1n) is 7.74. The van der Waals surface area contributed by atoms with Crippen LogP contribution < -0.4 is 0 Å². The highest BCUT2D eigenvalue weighted by Gasteiger charge is 2.37. The Morgan fingerprint density at radius 3 is 3.19 bits per heavy atom. The third-order valence-corrected chi connectivity index (χ3v) is 5.77. The Hall–Kier alpha value is -1.01. The minimum atomic E-state index is 0.100. The number of amides is 1. The minimum absolute atomic E-state index is 0.100. The van der Waals surface area contributed by atoms with E-state index in [0.29, 0.717) is 30.1 Å². The first kappa shape index (κ1) is 14.9. The van der Waals surface area contributed by atoms with Gasteiger partial charge in [0.05, 0.1) is 13.2 Å². The summed E-state index contributed by atoms with van der Waals surface area (Å²) in [4.78, 5) is 14.8. The van der Waals surface area contributed by atoms with Crippen LogP contribution in [0.3, 0.4) is 0 Å². The zero-order chi connectivity index (χ0) is 14.7. The van der Waals surface area contributed by atoms with Gasteiger partial charge >= 0.3 is 0 Å². The third kappa shape index (κ3) is 3.26. The first-order chi connectivity index (χ1) is 10.3. The lowest BCUT2D eigenvalue weighted by Crippen LogP contribution is -2.51. The number of nitrogens with zero attached hydrogens (tertiary/aromatic N) is 3. The molecule has 1 amide bonds. The largest absolute Gasteiger partial charge is 0.383 e. The molecule has 1 saturated carbocycles. The third-order valence-electron chi connectivity index (χ3n) is 4.38. The van der Waals surface area contributed by atoms with Gasteiger partial charge in [0.15, 0.2) is 0 Å². The summed E-state index contributed by atoms with van der Waals surface area (Å²) < 4.78 is 6.83. The molecule has 2 unspecified atom stereocenters. The Labute approximate surface area is 130 Å². The van der Waals surface area contributed by atoms with Gasteiger partial charge in [0.25, 0.3) is 5.91 Å². The molecule has 0 spiro atoms. The van der Waals surface area contributed by atoms with E-state index in [1.54, 1.807) is 11.8 Å². The SMILES string of the molecule is COCCn1ccc(C(=O)N2CCSC3CCCCC32)n1. The number of carbonyl (C=O) groups excluding carboxylic acids is 1. The molecule has 6 heteroatoms. The summed E-state index contributed by atoms with van der Waals surface area (Å²) in [6.07, 6.45) is 6.81. The number of rotatable bonds is 4. The maximum atomic E-state index is 12.8. The van der Waals surface area contributed by atoms with Crippen molar-refractivity contribution >= 4 is 17.7 Å². The molecule has 0 N–H and O–H groups in total. The molecule has 1 aliphatic heterocycles. The zero-order valence-corrected chi connectivity index (χ0v) is 13.3. The van der Waals surface area contributed by atoms with Gasteiger partial charge in [-0.1, -0.05) is 12.8 Å². The quantitative estimate of drug-likeness (QED) is 0.854. The fraction of sp³-hybridized carbons (Fsp3) is 0.733. The van der Waals surface area contributed by atoms with Crippen molar-refractivity contribution in [3.05, 3.63) is 18.0 Å². The predicted molar refractivity (Wildman–Crippen MR) is 83.6 cm³/mol. The average molecular weight is 309 g/mol. The van der Waals surface area contributed by atoms with E-state index >= 15 is 0 Å². The Bertz CT molecular complexity index is 489. The minimum Gasteiger partial charge on any atom is -0.383 e. The van der Waals surface area contributed by atoms with Crippen LogP contribution in [0.5, 0.6) is 0 Å². The van der Waals surface area contributed by atoms with Crippen LogP contribution in [-0.2, 0) is 11.3 Å². The molecular formula is C15H23N3O2S. The second-order valence-electron chi connectivity index (χ2n) is 5.72. The van der Waals surface area contributed by atoms with Crippen molar-refractivity contribution in [1.82, 2.24) is 14.7 Å². The lowest BCUT2D eigenvalue weighted by atomic mass is 9.93. The second-order valence-corrected chi connectivity index (χ2v) is 7.06. The molecule has 2 aliphatic rings. The first-order valence-corrected chi connectivity index (χ1v) is 8.79. The van der Waals surface area contributed by atoms with E-state index in [1.165, 1.54) is 19.3 Å². The Kier molecular flexibility index (Phi) is 4.85. The highest BCUT2D eigenvalue weighted by Crippen LogP contribution is 2.35. The van der Waals surface area contributed by atoms with Crippen molar-refractivity contribution in [2.24, 2.45) is 0 Å². The number of thioether (sulfide) groups is 1. The highest BCUT2D eigenvalue weighted by molar-refractivity contribution is 8.00. The van der Waals surface area contributed by atoms with Gasteiger partial charge in [0.1, 0.15) is 5.69 Å². The second kappa shape index (κ2) is 6.83. The summed E-state index contributed by atoms with van der Waals surface area (Å²) in [5.41, 5.74) is 0.572. The van der Waals surface area contributed by atoms with Crippen molar-refractivity contribution in [3.8, 4) is 0 Å². The van der Waals surface area contributed by atoms with Gasteiger partial charge in [0.2, 0.25) is 0 Å². The Morgan fingerprint density at radius 2 is 2.33 bits per heavy atom. The smallest absolute Gasteiger partial charge is 0.274 e. The normalized spacial score (nSPS) is 25.7. The topological polar surface area (TPSA) is 47.4 Å². The average Bonchev–Trinajstić information content (AvgIpc) is 3.00. The molecule has 5 nitrogen and oxygen atoms in total. The monoisotopic (exact) mass is 309 g/mol. The van der Waals surface area contributed by atoms with E-state index in [2.05, 4.69) is 10.00 Å². The van der Waals surface area contributed by atoms with E-state index in [1.807, 2.05) is 24.0 Å². The number of ether oxygens (including phenoxy) is 1. The fourth-order valence-corrected chi connectivity index (χ4v) is 4.72. The molecule has 2 atom stereocenters. The summed E-state index contributed by atoms with van der Waals surface area (Å²) in [6, 6.07) is 2.24. The molecule has 2 heterocycles.